The standard InChI is InChI=1S/C31H33N3O2/c1-7-22-11-14-25(15-12-22)32-28-17-20(2)34(21(3)35)29-16-13-24(19-27(28)29)23-9-8-10-26(18-23)33-30(36)31(4,5)6/h1,8-16,18-20,28,32H,17H2,2-6H3,(H,33,36)/t20-,28+/m0/s1. The summed E-state index contributed by atoms with van der Waals surface area (Å²) in [6.07, 6.45) is 6.28. The fourth-order valence-electron chi connectivity index (χ4n) is 4.62. The van der Waals surface area contributed by atoms with Crippen LogP contribution in [0.1, 0.15) is 58.2 Å². The molecule has 0 radical (unpaired) electrons. The van der Waals surface area contributed by atoms with Crippen molar-refractivity contribution in [1.29, 1.82) is 0 Å². The Balaban J connectivity index is 1.71. The third kappa shape index (κ3) is 5.28. The highest BCUT2D eigenvalue weighted by atomic mass is 16.2. The number of fused-ring (bicyclic) bond motifs is 1. The van der Waals surface area contributed by atoms with Crippen LogP contribution in [-0.4, -0.2) is 17.9 Å². The molecule has 1 aliphatic heterocycles. The first kappa shape index (κ1) is 25.1. The Morgan fingerprint density at radius 2 is 1.67 bits per heavy atom. The smallest absolute Gasteiger partial charge is 0.229 e. The van der Waals surface area contributed by atoms with Gasteiger partial charge in [0, 0.05) is 41.0 Å². The average Bonchev–Trinajstić information content (AvgIpc) is 2.83. The molecule has 0 saturated heterocycles. The summed E-state index contributed by atoms with van der Waals surface area (Å²) < 4.78 is 0. The number of hydrogen-bond donors (Lipinski definition) is 2. The molecule has 2 atom stereocenters. The highest BCUT2D eigenvalue weighted by Crippen LogP contribution is 2.41. The Morgan fingerprint density at radius 1 is 0.972 bits per heavy atom. The second kappa shape index (κ2) is 9.91. The molecule has 5 heteroatoms. The number of hydrogen-bond acceptors (Lipinski definition) is 3. The molecule has 1 aliphatic rings. The number of terminal acetylenes is 1. The van der Waals surface area contributed by atoms with Crippen LogP contribution in [0.15, 0.2) is 66.7 Å². The highest BCUT2D eigenvalue weighted by molar-refractivity contribution is 5.96. The zero-order chi connectivity index (χ0) is 26.0. The van der Waals surface area contributed by atoms with Gasteiger partial charge < -0.3 is 15.5 Å². The van der Waals surface area contributed by atoms with E-state index in [1.54, 1.807) is 6.92 Å². The van der Waals surface area contributed by atoms with E-state index >= 15 is 0 Å². The number of nitrogens with one attached hydrogen (secondary N) is 2. The molecule has 0 fully saturated rings. The topological polar surface area (TPSA) is 61.4 Å². The van der Waals surface area contributed by atoms with Gasteiger partial charge in [0.2, 0.25) is 11.8 Å². The van der Waals surface area contributed by atoms with Gasteiger partial charge in [-0.15, -0.1) is 6.42 Å². The first-order valence-corrected chi connectivity index (χ1v) is 12.3. The van der Waals surface area contributed by atoms with Crippen LogP contribution in [0, 0.1) is 17.8 Å². The molecule has 0 aromatic heterocycles. The van der Waals surface area contributed by atoms with Crippen LogP contribution in [0.5, 0.6) is 0 Å². The molecule has 2 N–H and O–H groups in total. The van der Waals surface area contributed by atoms with Crippen molar-refractivity contribution in [1.82, 2.24) is 0 Å². The average molecular weight is 480 g/mol. The number of carbonyl (C=O) groups is 2. The van der Waals surface area contributed by atoms with Gasteiger partial charge in [0.25, 0.3) is 0 Å². The molecule has 1 heterocycles. The van der Waals surface area contributed by atoms with Crippen LogP contribution in [0.4, 0.5) is 17.1 Å². The van der Waals surface area contributed by atoms with Gasteiger partial charge in [0.15, 0.2) is 0 Å². The molecule has 2 amide bonds. The van der Waals surface area contributed by atoms with Gasteiger partial charge in [-0.3, -0.25) is 9.59 Å². The van der Waals surface area contributed by atoms with Crippen LogP contribution in [-0.2, 0) is 9.59 Å². The van der Waals surface area contributed by atoms with Gasteiger partial charge in [-0.2, -0.15) is 0 Å². The van der Waals surface area contributed by atoms with Crippen molar-refractivity contribution in [2.24, 2.45) is 5.41 Å². The number of rotatable bonds is 4. The van der Waals surface area contributed by atoms with Gasteiger partial charge >= 0.3 is 0 Å². The van der Waals surface area contributed by atoms with Crippen molar-refractivity contribution in [2.75, 3.05) is 15.5 Å². The Kier molecular flexibility index (Phi) is 6.90. The van der Waals surface area contributed by atoms with Crippen molar-refractivity contribution in [3.8, 4) is 23.5 Å². The second-order valence-electron chi connectivity index (χ2n) is 10.5. The third-order valence-electron chi connectivity index (χ3n) is 6.55. The quantitative estimate of drug-likeness (QED) is 0.414. The van der Waals surface area contributed by atoms with Crippen LogP contribution in [0.3, 0.4) is 0 Å². The molecule has 4 rings (SSSR count). The normalized spacial score (nSPS) is 17.1. The first-order valence-electron chi connectivity index (χ1n) is 12.3. The fraction of sp³-hybridized carbons (Fsp3) is 0.290. The minimum absolute atomic E-state index is 0.0195. The molecule has 0 aliphatic carbocycles. The molecule has 3 aromatic rings. The summed E-state index contributed by atoms with van der Waals surface area (Å²) in [6.45, 7) is 9.37. The Hall–Kier alpha value is -4.04. The number of anilines is 3. The molecule has 36 heavy (non-hydrogen) atoms. The number of benzene rings is 3. The van der Waals surface area contributed by atoms with Crippen molar-refractivity contribution in [2.45, 2.75) is 53.1 Å². The molecule has 0 bridgehead atoms. The van der Waals surface area contributed by atoms with Gasteiger partial charge in [-0.05, 0) is 78.6 Å². The van der Waals surface area contributed by atoms with Crippen molar-refractivity contribution in [3.05, 3.63) is 77.9 Å². The van der Waals surface area contributed by atoms with E-state index in [9.17, 15) is 9.59 Å². The lowest BCUT2D eigenvalue weighted by Crippen LogP contribution is -2.43. The van der Waals surface area contributed by atoms with Gasteiger partial charge in [-0.25, -0.2) is 0 Å². The summed E-state index contributed by atoms with van der Waals surface area (Å²) in [5.41, 5.74) is 6.08. The zero-order valence-electron chi connectivity index (χ0n) is 21.6. The minimum atomic E-state index is -0.480. The van der Waals surface area contributed by atoms with Gasteiger partial charge in [-0.1, -0.05) is 44.9 Å². The van der Waals surface area contributed by atoms with E-state index in [1.807, 2.05) is 86.3 Å². The van der Waals surface area contributed by atoms with E-state index in [-0.39, 0.29) is 23.9 Å². The SMILES string of the molecule is C#Cc1ccc(N[C@@H]2C[C@H](C)N(C(C)=O)c3ccc(-c4cccc(NC(=O)C(C)(C)C)c4)cc32)cc1. The maximum Gasteiger partial charge on any atom is 0.229 e. The molecular weight excluding hydrogens is 446 g/mol. The third-order valence-corrected chi connectivity index (χ3v) is 6.55. The summed E-state index contributed by atoms with van der Waals surface area (Å²) in [5, 5.41) is 6.66. The van der Waals surface area contributed by atoms with E-state index in [1.165, 1.54) is 0 Å². The Bertz CT molecular complexity index is 1330. The molecule has 3 aromatic carbocycles. The summed E-state index contributed by atoms with van der Waals surface area (Å²) >= 11 is 0. The summed E-state index contributed by atoms with van der Waals surface area (Å²) in [7, 11) is 0. The van der Waals surface area contributed by atoms with E-state index in [0.717, 1.165) is 45.7 Å². The number of carbonyl (C=O) groups excluding carboxylic acids is 2. The highest BCUT2D eigenvalue weighted by Gasteiger charge is 2.32. The van der Waals surface area contributed by atoms with Crippen LogP contribution >= 0.6 is 0 Å². The number of amides is 2. The van der Waals surface area contributed by atoms with Gasteiger partial charge in [0.1, 0.15) is 0 Å². The Morgan fingerprint density at radius 3 is 2.31 bits per heavy atom. The van der Waals surface area contributed by atoms with Gasteiger partial charge in [0.05, 0.1) is 6.04 Å². The lowest BCUT2D eigenvalue weighted by molar-refractivity contribution is -0.123. The minimum Gasteiger partial charge on any atom is -0.378 e. The number of nitrogens with zero attached hydrogens (tertiary/aromatic N) is 1. The summed E-state index contributed by atoms with van der Waals surface area (Å²) in [6, 6.07) is 22.0. The Labute approximate surface area is 213 Å². The van der Waals surface area contributed by atoms with E-state index in [2.05, 4.69) is 29.5 Å². The van der Waals surface area contributed by atoms with E-state index < -0.39 is 5.41 Å². The summed E-state index contributed by atoms with van der Waals surface area (Å²) in [5.74, 6) is 2.65. The van der Waals surface area contributed by atoms with Crippen LogP contribution in [0.2, 0.25) is 0 Å². The molecule has 0 spiro atoms. The first-order chi connectivity index (χ1) is 17.1. The lowest BCUT2D eigenvalue weighted by atomic mass is 9.88. The molecular formula is C31H33N3O2. The van der Waals surface area contributed by atoms with Crippen LogP contribution < -0.4 is 15.5 Å². The predicted molar refractivity (Wildman–Crippen MR) is 148 cm³/mol. The van der Waals surface area contributed by atoms with E-state index in [0.29, 0.717) is 0 Å². The largest absolute Gasteiger partial charge is 0.378 e. The van der Waals surface area contributed by atoms with E-state index in [4.69, 9.17) is 6.42 Å². The predicted octanol–water partition coefficient (Wildman–Crippen LogP) is 6.62. The summed E-state index contributed by atoms with van der Waals surface area (Å²) in [4.78, 5) is 26.9. The van der Waals surface area contributed by atoms with Crippen LogP contribution in [0.25, 0.3) is 11.1 Å². The molecule has 0 unspecified atom stereocenters. The maximum absolute atomic E-state index is 12.5. The second-order valence-corrected chi connectivity index (χ2v) is 10.5. The fourth-order valence-corrected chi connectivity index (χ4v) is 4.62. The van der Waals surface area contributed by atoms with Crippen molar-refractivity contribution < 1.29 is 9.59 Å². The monoisotopic (exact) mass is 479 g/mol. The van der Waals surface area contributed by atoms with Crippen molar-refractivity contribution >= 4 is 28.9 Å². The zero-order valence-corrected chi connectivity index (χ0v) is 21.6. The molecule has 0 saturated carbocycles. The maximum atomic E-state index is 12.5. The van der Waals surface area contributed by atoms with Crippen molar-refractivity contribution in [3.63, 3.8) is 0 Å². The lowest BCUT2D eigenvalue weighted by Gasteiger charge is -2.39. The molecule has 184 valence electrons. The molecule has 5 nitrogen and oxygen atoms in total.